The molecule has 0 aliphatic heterocycles. The van der Waals surface area contributed by atoms with Crippen LogP contribution in [-0.4, -0.2) is 22.2 Å². The van der Waals surface area contributed by atoms with Crippen molar-refractivity contribution in [1.29, 1.82) is 0 Å². The Morgan fingerprint density at radius 2 is 1.50 bits per heavy atom. The van der Waals surface area contributed by atoms with Gasteiger partial charge in [-0.25, -0.2) is 0 Å². The van der Waals surface area contributed by atoms with Gasteiger partial charge in [0.2, 0.25) is 0 Å². The van der Waals surface area contributed by atoms with Crippen molar-refractivity contribution in [3.05, 3.63) is 0 Å². The third-order valence-electron chi connectivity index (χ3n) is 3.43. The van der Waals surface area contributed by atoms with Gasteiger partial charge in [0.05, 0.1) is 12.3 Å². The van der Waals surface area contributed by atoms with Crippen LogP contribution in [-0.2, 0) is 9.59 Å². The zero-order valence-corrected chi connectivity index (χ0v) is 9.52. The summed E-state index contributed by atoms with van der Waals surface area (Å²) in [6, 6.07) is 0. The van der Waals surface area contributed by atoms with Gasteiger partial charge in [0, 0.05) is 0 Å². The molecule has 2 N–H and O–H groups in total. The molecule has 0 spiro atoms. The van der Waals surface area contributed by atoms with Crippen LogP contribution in [0, 0.1) is 11.8 Å². The summed E-state index contributed by atoms with van der Waals surface area (Å²) in [6.45, 7) is 0. The van der Waals surface area contributed by atoms with Gasteiger partial charge in [-0.05, 0) is 18.8 Å². The number of carbonyl (C=O) groups is 2. The largest absolute Gasteiger partial charge is 0.481 e. The standard InChI is InChI=1S/C12H20O4/c13-11(14)8-10(12(15)16)9-6-4-2-1-3-5-7-9/h9-10H,1-8H2,(H,13,14)(H,15,16). The van der Waals surface area contributed by atoms with Gasteiger partial charge >= 0.3 is 11.9 Å². The summed E-state index contributed by atoms with van der Waals surface area (Å²) in [5, 5.41) is 17.8. The lowest BCUT2D eigenvalue weighted by molar-refractivity contribution is -0.150. The van der Waals surface area contributed by atoms with E-state index in [9.17, 15) is 9.59 Å². The van der Waals surface area contributed by atoms with Crippen LogP contribution in [0.5, 0.6) is 0 Å². The summed E-state index contributed by atoms with van der Waals surface area (Å²) >= 11 is 0. The number of carboxylic acids is 2. The summed E-state index contributed by atoms with van der Waals surface area (Å²) in [5.41, 5.74) is 0. The summed E-state index contributed by atoms with van der Waals surface area (Å²) in [4.78, 5) is 21.7. The van der Waals surface area contributed by atoms with Crippen molar-refractivity contribution in [2.75, 3.05) is 0 Å². The van der Waals surface area contributed by atoms with Gasteiger partial charge in [-0.1, -0.05) is 32.1 Å². The van der Waals surface area contributed by atoms with E-state index in [1.54, 1.807) is 0 Å². The van der Waals surface area contributed by atoms with E-state index in [1.807, 2.05) is 0 Å². The van der Waals surface area contributed by atoms with E-state index in [0.717, 1.165) is 38.5 Å². The average molecular weight is 228 g/mol. The third-order valence-corrected chi connectivity index (χ3v) is 3.43. The summed E-state index contributed by atoms with van der Waals surface area (Å²) in [5.74, 6) is -2.60. The highest BCUT2D eigenvalue weighted by Gasteiger charge is 2.30. The highest BCUT2D eigenvalue weighted by molar-refractivity contribution is 5.77. The minimum absolute atomic E-state index is 0.0499. The van der Waals surface area contributed by atoms with Gasteiger partial charge in [-0.15, -0.1) is 0 Å². The Labute approximate surface area is 95.7 Å². The van der Waals surface area contributed by atoms with Crippen LogP contribution < -0.4 is 0 Å². The van der Waals surface area contributed by atoms with E-state index < -0.39 is 17.9 Å². The SMILES string of the molecule is O=C(O)CC(C(=O)O)C1CCCCCCC1. The molecule has 1 unspecified atom stereocenters. The highest BCUT2D eigenvalue weighted by Crippen LogP contribution is 2.30. The lowest BCUT2D eigenvalue weighted by Crippen LogP contribution is -2.27. The molecule has 1 fully saturated rings. The molecule has 0 aromatic rings. The maximum absolute atomic E-state index is 11.1. The molecule has 0 aromatic carbocycles. The van der Waals surface area contributed by atoms with Crippen molar-refractivity contribution in [3.8, 4) is 0 Å². The van der Waals surface area contributed by atoms with E-state index >= 15 is 0 Å². The molecule has 0 bridgehead atoms. The number of hydrogen-bond acceptors (Lipinski definition) is 2. The second-order valence-electron chi connectivity index (χ2n) is 4.65. The maximum Gasteiger partial charge on any atom is 0.307 e. The second kappa shape index (κ2) is 6.51. The average Bonchev–Trinajstić information content (AvgIpc) is 2.13. The maximum atomic E-state index is 11.1. The number of hydrogen-bond donors (Lipinski definition) is 2. The zero-order chi connectivity index (χ0) is 12.0. The topological polar surface area (TPSA) is 74.6 Å². The highest BCUT2D eigenvalue weighted by atomic mass is 16.4. The molecule has 0 radical (unpaired) electrons. The first kappa shape index (κ1) is 13.0. The first-order valence-electron chi connectivity index (χ1n) is 6.06. The van der Waals surface area contributed by atoms with Crippen LogP contribution in [0.1, 0.15) is 51.4 Å². The molecule has 1 aliphatic carbocycles. The normalized spacial score (nSPS) is 20.8. The zero-order valence-electron chi connectivity index (χ0n) is 9.52. The second-order valence-corrected chi connectivity index (χ2v) is 4.65. The van der Waals surface area contributed by atoms with Gasteiger partial charge in [0.1, 0.15) is 0 Å². The molecule has 4 heteroatoms. The molecule has 0 aromatic heterocycles. The minimum atomic E-state index is -1.01. The van der Waals surface area contributed by atoms with Gasteiger partial charge < -0.3 is 10.2 Å². The fourth-order valence-corrected chi connectivity index (χ4v) is 2.53. The molecule has 1 atom stereocenters. The van der Waals surface area contributed by atoms with E-state index in [0.29, 0.717) is 0 Å². The van der Waals surface area contributed by atoms with E-state index in [4.69, 9.17) is 10.2 Å². The predicted molar refractivity (Wildman–Crippen MR) is 59.2 cm³/mol. The van der Waals surface area contributed by atoms with Crippen LogP contribution in [0.25, 0.3) is 0 Å². The van der Waals surface area contributed by atoms with Gasteiger partial charge in [0.25, 0.3) is 0 Å². The van der Waals surface area contributed by atoms with Crippen LogP contribution in [0.2, 0.25) is 0 Å². The summed E-state index contributed by atoms with van der Waals surface area (Å²) in [6.07, 6.45) is 7.09. The monoisotopic (exact) mass is 228 g/mol. The Morgan fingerprint density at radius 1 is 1.00 bits per heavy atom. The third kappa shape index (κ3) is 4.21. The first-order chi connectivity index (χ1) is 7.61. The van der Waals surface area contributed by atoms with Crippen LogP contribution in [0.4, 0.5) is 0 Å². The van der Waals surface area contributed by atoms with E-state index in [-0.39, 0.29) is 12.3 Å². The van der Waals surface area contributed by atoms with Crippen molar-refractivity contribution < 1.29 is 19.8 Å². The summed E-state index contributed by atoms with van der Waals surface area (Å²) < 4.78 is 0. The fourth-order valence-electron chi connectivity index (χ4n) is 2.53. The van der Waals surface area contributed by atoms with Crippen LogP contribution in [0.15, 0.2) is 0 Å². The van der Waals surface area contributed by atoms with Crippen LogP contribution in [0.3, 0.4) is 0 Å². The van der Waals surface area contributed by atoms with Crippen molar-refractivity contribution in [3.63, 3.8) is 0 Å². The molecule has 1 aliphatic rings. The Morgan fingerprint density at radius 3 is 1.94 bits per heavy atom. The van der Waals surface area contributed by atoms with Gasteiger partial charge in [0.15, 0.2) is 0 Å². The van der Waals surface area contributed by atoms with Crippen LogP contribution >= 0.6 is 0 Å². The van der Waals surface area contributed by atoms with Gasteiger partial charge in [-0.2, -0.15) is 0 Å². The lowest BCUT2D eigenvalue weighted by Gasteiger charge is -2.24. The van der Waals surface area contributed by atoms with Gasteiger partial charge in [-0.3, -0.25) is 9.59 Å². The fraction of sp³-hybridized carbons (Fsp3) is 0.833. The molecule has 92 valence electrons. The molecule has 4 nitrogen and oxygen atoms in total. The molecule has 1 saturated carbocycles. The molecule has 0 heterocycles. The summed E-state index contributed by atoms with van der Waals surface area (Å²) in [7, 11) is 0. The molecule has 16 heavy (non-hydrogen) atoms. The number of rotatable bonds is 4. The van der Waals surface area contributed by atoms with Crippen molar-refractivity contribution >= 4 is 11.9 Å². The smallest absolute Gasteiger partial charge is 0.307 e. The van der Waals surface area contributed by atoms with E-state index in [1.165, 1.54) is 6.42 Å². The Bertz CT molecular complexity index is 241. The first-order valence-corrected chi connectivity index (χ1v) is 6.06. The minimum Gasteiger partial charge on any atom is -0.481 e. The van der Waals surface area contributed by atoms with Crippen molar-refractivity contribution in [1.82, 2.24) is 0 Å². The molecular weight excluding hydrogens is 208 g/mol. The number of carboxylic acid groups (broad SMARTS) is 2. The molecule has 0 saturated heterocycles. The van der Waals surface area contributed by atoms with Crippen molar-refractivity contribution in [2.24, 2.45) is 11.8 Å². The molecular formula is C12H20O4. The van der Waals surface area contributed by atoms with Crippen molar-refractivity contribution in [2.45, 2.75) is 51.4 Å². The Kier molecular flexibility index (Phi) is 5.29. The quantitative estimate of drug-likeness (QED) is 0.775. The Balaban J connectivity index is 2.59. The lowest BCUT2D eigenvalue weighted by atomic mass is 9.80. The molecule has 1 rings (SSSR count). The molecule has 0 amide bonds. The number of aliphatic carboxylic acids is 2. The van der Waals surface area contributed by atoms with E-state index in [2.05, 4.69) is 0 Å². The predicted octanol–water partition coefficient (Wildman–Crippen LogP) is 2.52. The Hall–Kier alpha value is -1.06.